The number of ketones is 1. The lowest BCUT2D eigenvalue weighted by Gasteiger charge is -2.21. The Balaban J connectivity index is 2.54. The van der Waals surface area contributed by atoms with Gasteiger partial charge in [0.15, 0.2) is 11.9 Å². The predicted molar refractivity (Wildman–Crippen MR) is 56.9 cm³/mol. The van der Waals surface area contributed by atoms with E-state index in [1.54, 1.807) is 13.8 Å². The summed E-state index contributed by atoms with van der Waals surface area (Å²) in [5, 5.41) is 2.24. The molecule has 1 aliphatic carbocycles. The molecule has 1 atom stereocenters. The van der Waals surface area contributed by atoms with Gasteiger partial charge < -0.3 is 10.1 Å². The fraction of sp³-hybridized carbons (Fsp3) is 0.818. The van der Waals surface area contributed by atoms with Gasteiger partial charge in [-0.05, 0) is 19.8 Å². The third-order valence-corrected chi connectivity index (χ3v) is 2.83. The van der Waals surface area contributed by atoms with Crippen LogP contribution in [-0.4, -0.2) is 29.7 Å². The minimum absolute atomic E-state index is 0.181. The van der Waals surface area contributed by atoms with E-state index in [4.69, 9.17) is 0 Å². The van der Waals surface area contributed by atoms with Crippen molar-refractivity contribution in [2.24, 2.45) is 5.92 Å². The average molecular weight is 267 g/mol. The fourth-order valence-electron chi connectivity index (χ4n) is 1.56. The third kappa shape index (κ3) is 3.36. The number of carbonyl (C=O) groups excluding carboxylic acids is 2. The van der Waals surface area contributed by atoms with Crippen LogP contribution in [0.1, 0.15) is 33.6 Å². The summed E-state index contributed by atoms with van der Waals surface area (Å²) in [6.07, 6.45) is -7.11. The fourth-order valence-corrected chi connectivity index (χ4v) is 1.56. The Kier molecular flexibility index (Phi) is 3.92. The van der Waals surface area contributed by atoms with Gasteiger partial charge in [0, 0.05) is 5.92 Å². The number of ether oxygens (including phenoxy) is 1. The number of rotatable bonds is 4. The summed E-state index contributed by atoms with van der Waals surface area (Å²) < 4.78 is 40.7. The highest BCUT2D eigenvalue weighted by Gasteiger charge is 2.52. The Morgan fingerprint density at radius 3 is 2.06 bits per heavy atom. The van der Waals surface area contributed by atoms with Crippen molar-refractivity contribution in [1.82, 2.24) is 5.32 Å². The third-order valence-electron chi connectivity index (χ3n) is 2.83. The molecule has 1 saturated carbocycles. The van der Waals surface area contributed by atoms with E-state index in [0.29, 0.717) is 12.8 Å². The number of carbonyl (C=O) groups is 2. The molecule has 1 N–H and O–H groups in total. The summed E-state index contributed by atoms with van der Waals surface area (Å²) in [5.74, 6) is -0.466. The van der Waals surface area contributed by atoms with E-state index < -0.39 is 23.9 Å². The second-order valence-corrected chi connectivity index (χ2v) is 4.82. The predicted octanol–water partition coefficient (Wildman–Crippen LogP) is 2.42. The van der Waals surface area contributed by atoms with Gasteiger partial charge in [0.2, 0.25) is 0 Å². The highest BCUT2D eigenvalue weighted by atomic mass is 19.4. The van der Waals surface area contributed by atoms with E-state index in [1.807, 2.05) is 0 Å². The Morgan fingerprint density at radius 2 is 1.72 bits per heavy atom. The van der Waals surface area contributed by atoms with Crippen LogP contribution in [0.15, 0.2) is 0 Å². The Labute approximate surface area is 103 Å². The van der Waals surface area contributed by atoms with Crippen molar-refractivity contribution in [3.8, 4) is 0 Å². The van der Waals surface area contributed by atoms with Gasteiger partial charge in [0.1, 0.15) is 5.54 Å². The number of alkyl halides is 3. The van der Waals surface area contributed by atoms with Crippen LogP contribution >= 0.6 is 0 Å². The lowest BCUT2D eigenvalue weighted by molar-refractivity contribution is -0.197. The molecule has 0 unspecified atom stereocenters. The second kappa shape index (κ2) is 4.78. The highest BCUT2D eigenvalue weighted by Crippen LogP contribution is 2.38. The summed E-state index contributed by atoms with van der Waals surface area (Å²) in [5.41, 5.74) is -1.02. The number of alkyl carbamates (subject to hydrolysis) is 1. The quantitative estimate of drug-likeness (QED) is 0.851. The largest absolute Gasteiger partial charge is 0.437 e. The van der Waals surface area contributed by atoms with E-state index in [1.165, 1.54) is 0 Å². The maximum Gasteiger partial charge on any atom is 0.425 e. The maximum absolute atomic E-state index is 12.2. The van der Waals surface area contributed by atoms with E-state index in [-0.39, 0.29) is 11.7 Å². The zero-order chi connectivity index (χ0) is 14.1. The molecular formula is C11H16F3NO3. The molecule has 4 nitrogen and oxygen atoms in total. The maximum atomic E-state index is 12.2. The van der Waals surface area contributed by atoms with Gasteiger partial charge >= 0.3 is 12.3 Å². The van der Waals surface area contributed by atoms with Gasteiger partial charge in [-0.1, -0.05) is 13.8 Å². The first-order valence-electron chi connectivity index (χ1n) is 5.68. The molecule has 0 aromatic carbocycles. The minimum atomic E-state index is -4.60. The molecule has 18 heavy (non-hydrogen) atoms. The second-order valence-electron chi connectivity index (χ2n) is 4.82. The van der Waals surface area contributed by atoms with Crippen molar-refractivity contribution in [2.75, 3.05) is 0 Å². The Morgan fingerprint density at radius 1 is 1.22 bits per heavy atom. The molecule has 1 rings (SSSR count). The zero-order valence-electron chi connectivity index (χ0n) is 10.4. The van der Waals surface area contributed by atoms with Crippen LogP contribution in [0.25, 0.3) is 0 Å². The molecule has 7 heteroatoms. The molecule has 0 spiro atoms. The number of halogens is 3. The van der Waals surface area contributed by atoms with E-state index in [0.717, 1.165) is 6.92 Å². The smallest absolute Gasteiger partial charge is 0.425 e. The topological polar surface area (TPSA) is 55.4 Å². The number of hydrogen-bond donors (Lipinski definition) is 1. The summed E-state index contributed by atoms with van der Waals surface area (Å²) in [4.78, 5) is 23.0. The van der Waals surface area contributed by atoms with Crippen molar-refractivity contribution in [3.05, 3.63) is 0 Å². The van der Waals surface area contributed by atoms with Gasteiger partial charge in [0.05, 0.1) is 0 Å². The van der Waals surface area contributed by atoms with E-state index in [9.17, 15) is 22.8 Å². The van der Waals surface area contributed by atoms with E-state index in [2.05, 4.69) is 10.1 Å². The molecular weight excluding hydrogens is 251 g/mol. The number of hydrogen-bond acceptors (Lipinski definition) is 3. The molecule has 1 fully saturated rings. The van der Waals surface area contributed by atoms with Crippen LogP contribution < -0.4 is 5.32 Å². The molecule has 0 heterocycles. The van der Waals surface area contributed by atoms with Crippen molar-refractivity contribution in [2.45, 2.75) is 51.4 Å². The summed E-state index contributed by atoms with van der Waals surface area (Å²) in [6, 6.07) is 0. The Hall–Kier alpha value is -1.27. The number of amides is 1. The standard InChI is InChI=1S/C11H16F3NO3/c1-6(2)8(16)10(4-5-10)15-9(17)18-7(3)11(12,13)14/h6-7H,4-5H2,1-3H3,(H,15,17)/t7-/m1/s1. The SMILES string of the molecule is CC(C)C(=O)C1(NC(=O)O[C@H](C)C(F)(F)F)CC1. The van der Waals surface area contributed by atoms with Gasteiger partial charge in [-0.25, -0.2) is 4.79 Å². The monoisotopic (exact) mass is 267 g/mol. The van der Waals surface area contributed by atoms with Crippen LogP contribution in [0, 0.1) is 5.92 Å². The van der Waals surface area contributed by atoms with Crippen LogP contribution in [-0.2, 0) is 9.53 Å². The van der Waals surface area contributed by atoms with Crippen molar-refractivity contribution in [1.29, 1.82) is 0 Å². The lowest BCUT2D eigenvalue weighted by Crippen LogP contribution is -2.47. The molecule has 0 aromatic rings. The van der Waals surface area contributed by atoms with Crippen LogP contribution in [0.5, 0.6) is 0 Å². The molecule has 1 aliphatic rings. The van der Waals surface area contributed by atoms with Gasteiger partial charge in [0.25, 0.3) is 0 Å². The molecule has 0 bridgehead atoms. The molecule has 0 saturated heterocycles. The summed E-state index contributed by atoms with van der Waals surface area (Å²) >= 11 is 0. The Bertz CT molecular complexity index is 348. The van der Waals surface area contributed by atoms with Crippen molar-refractivity contribution >= 4 is 11.9 Å². The van der Waals surface area contributed by atoms with Gasteiger partial charge in [-0.3, -0.25) is 4.79 Å². The normalized spacial score (nSPS) is 19.3. The first-order valence-corrected chi connectivity index (χ1v) is 5.68. The minimum Gasteiger partial charge on any atom is -0.437 e. The first kappa shape index (κ1) is 14.8. The van der Waals surface area contributed by atoms with Gasteiger partial charge in [-0.2, -0.15) is 13.2 Å². The molecule has 104 valence electrons. The molecule has 0 aromatic heterocycles. The van der Waals surface area contributed by atoms with Crippen LogP contribution in [0.3, 0.4) is 0 Å². The van der Waals surface area contributed by atoms with Crippen molar-refractivity contribution < 1.29 is 27.5 Å². The highest BCUT2D eigenvalue weighted by molar-refractivity contribution is 5.95. The van der Waals surface area contributed by atoms with Crippen molar-refractivity contribution in [3.63, 3.8) is 0 Å². The number of Topliss-reactive ketones (excluding diaryl/α,β-unsaturated/α-hetero) is 1. The number of nitrogens with one attached hydrogen (secondary N) is 1. The molecule has 1 amide bonds. The van der Waals surface area contributed by atoms with Crippen LogP contribution in [0.2, 0.25) is 0 Å². The summed E-state index contributed by atoms with van der Waals surface area (Å²) in [7, 11) is 0. The molecule has 0 radical (unpaired) electrons. The summed E-state index contributed by atoms with van der Waals surface area (Å²) in [6.45, 7) is 4.09. The molecule has 0 aliphatic heterocycles. The first-order chi connectivity index (χ1) is 8.08. The van der Waals surface area contributed by atoms with Gasteiger partial charge in [-0.15, -0.1) is 0 Å². The lowest BCUT2D eigenvalue weighted by atomic mass is 10.0. The van der Waals surface area contributed by atoms with E-state index >= 15 is 0 Å². The zero-order valence-corrected chi connectivity index (χ0v) is 10.4. The average Bonchev–Trinajstić information content (AvgIpc) is 2.95. The van der Waals surface area contributed by atoms with Crippen LogP contribution in [0.4, 0.5) is 18.0 Å².